The number of alkyl carbamates (subject to hydrolysis) is 1. The topological polar surface area (TPSA) is 113 Å². The minimum Gasteiger partial charge on any atom is -0.480 e. The third kappa shape index (κ3) is 5.95. The first-order valence-electron chi connectivity index (χ1n) is 8.38. The van der Waals surface area contributed by atoms with Gasteiger partial charge in [-0.05, 0) is 38.0 Å². The molecule has 0 aromatic heterocycles. The number of rotatable bonds is 5. The number of nitrogens with zero attached hydrogens (tertiary/aromatic N) is 1. The molecule has 8 nitrogen and oxygen atoms in total. The number of carboxylic acids is 1. The third-order valence-corrected chi connectivity index (χ3v) is 3.61. The van der Waals surface area contributed by atoms with Gasteiger partial charge in [-0.25, -0.2) is 4.79 Å². The van der Waals surface area contributed by atoms with Gasteiger partial charge in [-0.15, -0.1) is 0 Å². The van der Waals surface area contributed by atoms with Gasteiger partial charge in [0, 0.05) is 12.1 Å². The summed E-state index contributed by atoms with van der Waals surface area (Å²) < 4.78 is 5.16. The van der Waals surface area contributed by atoms with Crippen LogP contribution in [0.4, 0.5) is 4.79 Å². The molecule has 1 aromatic rings. The van der Waals surface area contributed by atoms with Gasteiger partial charge < -0.3 is 15.2 Å². The monoisotopic (exact) mass is 374 g/mol. The van der Waals surface area contributed by atoms with Crippen LogP contribution >= 0.6 is 0 Å². The standard InChI is InChI=1S/C19H22N2O6/c1-19(2,3)27-18(26)20-10-13-6-4-12(5-7-13)8-14-9-15(22)21(17(14)25)11-16(23)24/h4-8H,9-11H2,1-3H3,(H,20,26)(H,23,24)/b14-8+. The predicted octanol–water partition coefficient (Wildman–Crippen LogP) is 1.94. The molecule has 1 heterocycles. The molecule has 0 spiro atoms. The van der Waals surface area contributed by atoms with Crippen LogP contribution in [0.15, 0.2) is 29.8 Å². The molecule has 3 amide bonds. The Morgan fingerprint density at radius 3 is 2.41 bits per heavy atom. The minimum absolute atomic E-state index is 0.117. The van der Waals surface area contributed by atoms with E-state index < -0.39 is 36.0 Å². The number of imide groups is 1. The molecule has 2 N–H and O–H groups in total. The van der Waals surface area contributed by atoms with Crippen LogP contribution in [0.1, 0.15) is 38.3 Å². The Morgan fingerprint density at radius 1 is 1.22 bits per heavy atom. The molecule has 1 aromatic carbocycles. The Bertz CT molecular complexity index is 789. The molecule has 8 heteroatoms. The summed E-state index contributed by atoms with van der Waals surface area (Å²) in [5.74, 6) is -2.34. The second kappa shape index (κ2) is 8.03. The van der Waals surface area contributed by atoms with Crippen molar-refractivity contribution in [2.75, 3.05) is 6.54 Å². The first-order chi connectivity index (χ1) is 12.5. The molecule has 1 aliphatic heterocycles. The number of amides is 3. The van der Waals surface area contributed by atoms with Gasteiger partial charge in [0.05, 0.1) is 6.42 Å². The summed E-state index contributed by atoms with van der Waals surface area (Å²) in [5, 5.41) is 11.4. The zero-order chi connectivity index (χ0) is 20.2. The van der Waals surface area contributed by atoms with Crippen LogP contribution in [0, 0.1) is 0 Å². The Hall–Kier alpha value is -3.16. The van der Waals surface area contributed by atoms with Crippen molar-refractivity contribution in [1.29, 1.82) is 0 Å². The van der Waals surface area contributed by atoms with Gasteiger partial charge in [-0.3, -0.25) is 19.3 Å². The summed E-state index contributed by atoms with van der Waals surface area (Å²) in [4.78, 5) is 47.0. The van der Waals surface area contributed by atoms with Crippen LogP contribution in [0.25, 0.3) is 6.08 Å². The molecule has 0 aliphatic carbocycles. The molecule has 27 heavy (non-hydrogen) atoms. The number of aliphatic carboxylic acids is 1. The van der Waals surface area contributed by atoms with Crippen LogP contribution < -0.4 is 5.32 Å². The molecule has 2 rings (SSSR count). The molecule has 1 saturated heterocycles. The average Bonchev–Trinajstić information content (AvgIpc) is 2.80. The number of hydrogen-bond donors (Lipinski definition) is 2. The lowest BCUT2D eigenvalue weighted by Crippen LogP contribution is -2.34. The van der Waals surface area contributed by atoms with Crippen LogP contribution in [0.5, 0.6) is 0 Å². The van der Waals surface area contributed by atoms with E-state index in [4.69, 9.17) is 9.84 Å². The maximum Gasteiger partial charge on any atom is 0.407 e. The molecule has 0 bridgehead atoms. The van der Waals surface area contributed by atoms with Crippen molar-refractivity contribution in [2.45, 2.75) is 39.3 Å². The van der Waals surface area contributed by atoms with Crippen LogP contribution in [-0.4, -0.2) is 46.0 Å². The molecule has 0 unspecified atom stereocenters. The summed E-state index contributed by atoms with van der Waals surface area (Å²) in [5.41, 5.74) is 1.22. The molecule has 0 saturated carbocycles. The highest BCUT2D eigenvalue weighted by molar-refractivity contribution is 6.16. The highest BCUT2D eigenvalue weighted by atomic mass is 16.6. The van der Waals surface area contributed by atoms with Gasteiger partial charge in [0.1, 0.15) is 12.1 Å². The van der Waals surface area contributed by atoms with E-state index in [1.165, 1.54) is 0 Å². The van der Waals surface area contributed by atoms with E-state index in [1.54, 1.807) is 51.1 Å². The lowest BCUT2D eigenvalue weighted by molar-refractivity contribution is -0.148. The SMILES string of the molecule is CC(C)(C)OC(=O)NCc1ccc(/C=C2\CC(=O)N(CC(=O)O)C2=O)cc1. The quantitative estimate of drug-likeness (QED) is 0.601. The van der Waals surface area contributed by atoms with E-state index in [2.05, 4.69) is 5.32 Å². The van der Waals surface area contributed by atoms with E-state index in [0.717, 1.165) is 10.5 Å². The van der Waals surface area contributed by atoms with E-state index >= 15 is 0 Å². The molecule has 1 fully saturated rings. The largest absolute Gasteiger partial charge is 0.480 e. The fraction of sp³-hybridized carbons (Fsp3) is 0.368. The van der Waals surface area contributed by atoms with Crippen molar-refractivity contribution in [1.82, 2.24) is 10.2 Å². The summed E-state index contributed by atoms with van der Waals surface area (Å²) in [6.07, 6.45) is 0.934. The van der Waals surface area contributed by atoms with Crippen molar-refractivity contribution < 1.29 is 29.0 Å². The fourth-order valence-corrected chi connectivity index (χ4v) is 2.45. The lowest BCUT2D eigenvalue weighted by atomic mass is 10.1. The van der Waals surface area contributed by atoms with Crippen molar-refractivity contribution in [3.63, 3.8) is 0 Å². The summed E-state index contributed by atoms with van der Waals surface area (Å²) in [6.45, 7) is 4.99. The first-order valence-corrected chi connectivity index (χ1v) is 8.38. The molecule has 0 atom stereocenters. The van der Waals surface area contributed by atoms with Crippen molar-refractivity contribution in [3.8, 4) is 0 Å². The molecule has 1 aliphatic rings. The first kappa shape index (κ1) is 20.2. The average molecular weight is 374 g/mol. The summed E-state index contributed by atoms with van der Waals surface area (Å²) in [7, 11) is 0. The van der Waals surface area contributed by atoms with Crippen molar-refractivity contribution in [2.24, 2.45) is 0 Å². The number of likely N-dealkylation sites (tertiary alicyclic amines) is 1. The summed E-state index contributed by atoms with van der Waals surface area (Å²) >= 11 is 0. The highest BCUT2D eigenvalue weighted by Crippen LogP contribution is 2.21. The number of hydrogen-bond acceptors (Lipinski definition) is 5. The van der Waals surface area contributed by atoms with Crippen LogP contribution in [0.2, 0.25) is 0 Å². The normalized spacial score (nSPS) is 16.0. The predicted molar refractivity (Wildman–Crippen MR) is 96.5 cm³/mol. The Morgan fingerprint density at radius 2 is 1.85 bits per heavy atom. The van der Waals surface area contributed by atoms with Gasteiger partial charge in [-0.2, -0.15) is 0 Å². The maximum absolute atomic E-state index is 12.1. The van der Waals surface area contributed by atoms with Gasteiger partial charge >= 0.3 is 12.1 Å². The van der Waals surface area contributed by atoms with E-state index in [0.29, 0.717) is 5.56 Å². The number of nitrogens with one attached hydrogen (secondary N) is 1. The smallest absolute Gasteiger partial charge is 0.407 e. The minimum atomic E-state index is -1.24. The molecule has 144 valence electrons. The fourth-order valence-electron chi connectivity index (χ4n) is 2.45. The van der Waals surface area contributed by atoms with Crippen molar-refractivity contribution in [3.05, 3.63) is 41.0 Å². The van der Waals surface area contributed by atoms with Gasteiger partial charge in [0.15, 0.2) is 0 Å². The maximum atomic E-state index is 12.1. The van der Waals surface area contributed by atoms with Gasteiger partial charge in [0.2, 0.25) is 5.91 Å². The number of benzene rings is 1. The summed E-state index contributed by atoms with van der Waals surface area (Å²) in [6, 6.07) is 7.05. The molecular formula is C19H22N2O6. The van der Waals surface area contributed by atoms with E-state index in [-0.39, 0.29) is 18.5 Å². The number of carboxylic acid groups (broad SMARTS) is 1. The number of carbonyl (C=O) groups is 4. The van der Waals surface area contributed by atoms with Crippen LogP contribution in [0.3, 0.4) is 0 Å². The van der Waals surface area contributed by atoms with E-state index in [1.807, 2.05) is 0 Å². The Kier molecular flexibility index (Phi) is 5.99. The molecular weight excluding hydrogens is 352 g/mol. The molecule has 0 radical (unpaired) electrons. The van der Waals surface area contributed by atoms with E-state index in [9.17, 15) is 19.2 Å². The second-order valence-corrected chi connectivity index (χ2v) is 7.12. The Balaban J connectivity index is 1.98. The zero-order valence-corrected chi connectivity index (χ0v) is 15.4. The van der Waals surface area contributed by atoms with Crippen molar-refractivity contribution >= 4 is 30.0 Å². The number of ether oxygens (including phenoxy) is 1. The highest BCUT2D eigenvalue weighted by Gasteiger charge is 2.34. The Labute approximate surface area is 156 Å². The number of carbonyl (C=O) groups excluding carboxylic acids is 3. The van der Waals surface area contributed by atoms with Gasteiger partial charge in [-0.1, -0.05) is 24.3 Å². The lowest BCUT2D eigenvalue weighted by Gasteiger charge is -2.19. The second-order valence-electron chi connectivity index (χ2n) is 7.12. The third-order valence-electron chi connectivity index (χ3n) is 3.61. The van der Waals surface area contributed by atoms with Crippen LogP contribution in [-0.2, 0) is 25.7 Å². The zero-order valence-electron chi connectivity index (χ0n) is 15.4. The van der Waals surface area contributed by atoms with Gasteiger partial charge in [0.25, 0.3) is 5.91 Å².